The third kappa shape index (κ3) is 4.15. The van der Waals surface area contributed by atoms with Crippen molar-refractivity contribution < 1.29 is 4.39 Å². The maximum atomic E-state index is 14.0. The predicted molar refractivity (Wildman–Crippen MR) is 80.3 cm³/mol. The van der Waals surface area contributed by atoms with E-state index in [0.29, 0.717) is 0 Å². The minimum absolute atomic E-state index is 0.0950. The molecular weight excluding hydrogens is 257 g/mol. The van der Waals surface area contributed by atoms with E-state index in [1.807, 2.05) is 12.1 Å². The van der Waals surface area contributed by atoms with Gasteiger partial charge < -0.3 is 5.32 Å². The highest BCUT2D eigenvalue weighted by Crippen LogP contribution is 2.25. The van der Waals surface area contributed by atoms with E-state index in [2.05, 4.69) is 29.8 Å². The lowest BCUT2D eigenvalue weighted by atomic mass is 9.94. The van der Waals surface area contributed by atoms with Crippen molar-refractivity contribution in [2.45, 2.75) is 25.7 Å². The van der Waals surface area contributed by atoms with E-state index in [-0.39, 0.29) is 11.7 Å². The highest BCUT2D eigenvalue weighted by atomic mass is 32.1. The summed E-state index contributed by atoms with van der Waals surface area (Å²) in [5, 5.41) is 5.49. The monoisotopic (exact) mass is 277 g/mol. The first-order valence-electron chi connectivity index (χ1n) is 6.78. The minimum Gasteiger partial charge on any atom is -0.316 e. The molecule has 1 aromatic heterocycles. The third-order valence-electron chi connectivity index (χ3n) is 3.19. The van der Waals surface area contributed by atoms with E-state index < -0.39 is 0 Å². The lowest BCUT2D eigenvalue weighted by Gasteiger charge is -2.18. The Labute approximate surface area is 118 Å². The molecule has 0 aliphatic heterocycles. The van der Waals surface area contributed by atoms with Crippen molar-refractivity contribution in [3.8, 4) is 0 Å². The van der Waals surface area contributed by atoms with Gasteiger partial charge in [0.15, 0.2) is 0 Å². The fraction of sp³-hybridized carbons (Fsp3) is 0.375. The van der Waals surface area contributed by atoms with E-state index in [9.17, 15) is 4.39 Å². The number of benzene rings is 1. The molecule has 0 aliphatic rings. The van der Waals surface area contributed by atoms with Crippen molar-refractivity contribution in [3.63, 3.8) is 0 Å². The van der Waals surface area contributed by atoms with Gasteiger partial charge in [-0.3, -0.25) is 0 Å². The van der Waals surface area contributed by atoms with Gasteiger partial charge in [-0.1, -0.05) is 31.2 Å². The smallest absolute Gasteiger partial charge is 0.126 e. The number of hydrogen-bond acceptors (Lipinski definition) is 2. The third-order valence-corrected chi connectivity index (χ3v) is 4.09. The van der Waals surface area contributed by atoms with Crippen LogP contribution in [-0.2, 0) is 6.42 Å². The summed E-state index contributed by atoms with van der Waals surface area (Å²) in [5.74, 6) is 0.105. The molecule has 2 aromatic rings. The van der Waals surface area contributed by atoms with Gasteiger partial charge >= 0.3 is 0 Å². The van der Waals surface area contributed by atoms with Gasteiger partial charge in [-0.15, -0.1) is 11.3 Å². The quantitative estimate of drug-likeness (QED) is 0.747. The molecule has 1 nitrogen and oxygen atoms in total. The predicted octanol–water partition coefficient (Wildman–Crippen LogP) is 4.21. The molecule has 0 radical (unpaired) electrons. The van der Waals surface area contributed by atoms with Gasteiger partial charge in [-0.2, -0.15) is 0 Å². The van der Waals surface area contributed by atoms with E-state index in [0.717, 1.165) is 31.5 Å². The summed E-state index contributed by atoms with van der Waals surface area (Å²) in [4.78, 5) is 1.31. The van der Waals surface area contributed by atoms with Crippen molar-refractivity contribution in [2.75, 3.05) is 13.1 Å². The van der Waals surface area contributed by atoms with Crippen molar-refractivity contribution in [3.05, 3.63) is 58.0 Å². The van der Waals surface area contributed by atoms with E-state index in [4.69, 9.17) is 0 Å². The zero-order valence-corrected chi connectivity index (χ0v) is 12.0. The fourth-order valence-corrected chi connectivity index (χ4v) is 3.01. The summed E-state index contributed by atoms with van der Waals surface area (Å²) in [5.41, 5.74) is 0.819. The molecule has 0 saturated heterocycles. The first kappa shape index (κ1) is 14.2. The molecule has 1 atom stereocenters. The summed E-state index contributed by atoms with van der Waals surface area (Å²) in [6, 6.07) is 11.3. The van der Waals surface area contributed by atoms with Gasteiger partial charge in [0.2, 0.25) is 0 Å². The maximum absolute atomic E-state index is 14.0. The molecule has 19 heavy (non-hydrogen) atoms. The molecule has 1 unspecified atom stereocenters. The van der Waals surface area contributed by atoms with Crippen LogP contribution in [-0.4, -0.2) is 13.1 Å². The molecule has 102 valence electrons. The summed E-state index contributed by atoms with van der Waals surface area (Å²) in [6.07, 6.45) is 2.00. The van der Waals surface area contributed by atoms with Crippen LogP contribution in [0.5, 0.6) is 0 Å². The Kier molecular flexibility index (Phi) is 5.55. The van der Waals surface area contributed by atoms with E-state index in [1.54, 1.807) is 23.5 Å². The van der Waals surface area contributed by atoms with E-state index >= 15 is 0 Å². The van der Waals surface area contributed by atoms with Crippen molar-refractivity contribution in [1.29, 1.82) is 0 Å². The average Bonchev–Trinajstić information content (AvgIpc) is 2.91. The molecule has 0 aliphatic carbocycles. The fourth-order valence-electron chi connectivity index (χ4n) is 2.22. The Morgan fingerprint density at radius 2 is 2.05 bits per heavy atom. The largest absolute Gasteiger partial charge is 0.316 e. The Bertz CT molecular complexity index is 481. The number of nitrogens with one attached hydrogen (secondary N) is 1. The molecule has 0 amide bonds. The van der Waals surface area contributed by atoms with Gasteiger partial charge in [0, 0.05) is 17.3 Å². The maximum Gasteiger partial charge on any atom is 0.126 e. The molecule has 3 heteroatoms. The van der Waals surface area contributed by atoms with Gasteiger partial charge in [-0.05, 0) is 42.5 Å². The molecule has 2 rings (SSSR count). The summed E-state index contributed by atoms with van der Waals surface area (Å²) < 4.78 is 14.0. The van der Waals surface area contributed by atoms with Crippen LogP contribution >= 0.6 is 11.3 Å². The van der Waals surface area contributed by atoms with Gasteiger partial charge in [0.25, 0.3) is 0 Å². The van der Waals surface area contributed by atoms with Crippen LogP contribution in [0.15, 0.2) is 41.8 Å². The SMILES string of the molecule is CCCNCC(Cc1cccs1)c1ccccc1F. The topological polar surface area (TPSA) is 12.0 Å². The summed E-state index contributed by atoms with van der Waals surface area (Å²) >= 11 is 1.74. The lowest BCUT2D eigenvalue weighted by molar-refractivity contribution is 0.538. The van der Waals surface area contributed by atoms with Crippen LogP contribution in [0.1, 0.15) is 29.7 Å². The Morgan fingerprint density at radius 1 is 1.21 bits per heavy atom. The average molecular weight is 277 g/mol. The van der Waals surface area contributed by atoms with Crippen molar-refractivity contribution >= 4 is 11.3 Å². The van der Waals surface area contributed by atoms with Crippen LogP contribution in [0.3, 0.4) is 0 Å². The van der Waals surface area contributed by atoms with Crippen molar-refractivity contribution in [2.24, 2.45) is 0 Å². The van der Waals surface area contributed by atoms with Crippen LogP contribution < -0.4 is 5.32 Å². The summed E-state index contributed by atoms with van der Waals surface area (Å²) in [7, 11) is 0. The van der Waals surface area contributed by atoms with Crippen LogP contribution in [0.25, 0.3) is 0 Å². The van der Waals surface area contributed by atoms with Gasteiger partial charge in [0.05, 0.1) is 0 Å². The standard InChI is InChI=1S/C16H20FNS/c1-2-9-18-12-13(11-14-6-5-10-19-14)15-7-3-4-8-16(15)17/h3-8,10,13,18H,2,9,11-12H2,1H3. The highest BCUT2D eigenvalue weighted by Gasteiger charge is 2.16. The zero-order chi connectivity index (χ0) is 13.5. The molecule has 0 spiro atoms. The second kappa shape index (κ2) is 7.41. The van der Waals surface area contributed by atoms with Crippen molar-refractivity contribution in [1.82, 2.24) is 5.32 Å². The molecule has 0 saturated carbocycles. The first-order valence-corrected chi connectivity index (χ1v) is 7.66. The number of hydrogen-bond donors (Lipinski definition) is 1. The second-order valence-electron chi connectivity index (χ2n) is 4.71. The van der Waals surface area contributed by atoms with Crippen LogP contribution in [0, 0.1) is 5.82 Å². The molecule has 0 fully saturated rings. The summed E-state index contributed by atoms with van der Waals surface area (Å²) in [6.45, 7) is 3.95. The van der Waals surface area contributed by atoms with Crippen LogP contribution in [0.2, 0.25) is 0 Å². The lowest BCUT2D eigenvalue weighted by Crippen LogP contribution is -2.24. The Morgan fingerprint density at radius 3 is 2.74 bits per heavy atom. The number of rotatable bonds is 7. The first-order chi connectivity index (χ1) is 9.31. The molecule has 1 aromatic carbocycles. The Balaban J connectivity index is 2.11. The normalized spacial score (nSPS) is 12.5. The molecule has 1 N–H and O–H groups in total. The second-order valence-corrected chi connectivity index (χ2v) is 5.74. The van der Waals surface area contributed by atoms with Gasteiger partial charge in [0.1, 0.15) is 5.82 Å². The minimum atomic E-state index is -0.0950. The van der Waals surface area contributed by atoms with E-state index in [1.165, 1.54) is 4.88 Å². The molecule has 1 heterocycles. The Hall–Kier alpha value is -1.19. The zero-order valence-electron chi connectivity index (χ0n) is 11.2. The van der Waals surface area contributed by atoms with Crippen LogP contribution in [0.4, 0.5) is 4.39 Å². The molecule has 0 bridgehead atoms. The van der Waals surface area contributed by atoms with Gasteiger partial charge in [-0.25, -0.2) is 4.39 Å². The number of thiophene rings is 1. The number of halogens is 1. The highest BCUT2D eigenvalue weighted by molar-refractivity contribution is 7.09. The molecular formula is C16H20FNS.